The average Bonchev–Trinajstić information content (AvgIpc) is 3.10. The molecule has 0 bridgehead atoms. The Balaban J connectivity index is 1.67. The molecular formula is C23H27N5O5S. The number of carbonyl (C=O) groups is 2. The Bertz CT molecular complexity index is 1410. The maximum absolute atomic E-state index is 13.2. The van der Waals surface area contributed by atoms with Crippen LogP contribution in [0.1, 0.15) is 54.7 Å². The van der Waals surface area contributed by atoms with Crippen LogP contribution in [0.15, 0.2) is 35.5 Å². The van der Waals surface area contributed by atoms with Crippen LogP contribution in [0.3, 0.4) is 0 Å². The van der Waals surface area contributed by atoms with Crippen molar-refractivity contribution in [3.8, 4) is 0 Å². The van der Waals surface area contributed by atoms with Gasteiger partial charge in [0.25, 0.3) is 5.91 Å². The second-order valence-electron chi connectivity index (χ2n) is 9.28. The molecule has 4 rings (SSSR count). The minimum Gasteiger partial charge on any atom is -0.444 e. The van der Waals surface area contributed by atoms with Crippen molar-refractivity contribution in [2.24, 2.45) is 7.05 Å². The summed E-state index contributed by atoms with van der Waals surface area (Å²) in [6.45, 7) is 6.86. The van der Waals surface area contributed by atoms with E-state index in [9.17, 15) is 18.0 Å². The Kier molecular flexibility index (Phi) is 5.84. The molecule has 2 N–H and O–H groups in total. The van der Waals surface area contributed by atoms with Gasteiger partial charge in [0.05, 0.1) is 34.0 Å². The van der Waals surface area contributed by atoms with Gasteiger partial charge in [-0.2, -0.15) is 5.10 Å². The SMILES string of the molecule is Cc1c(C(=O)Nc2ccnc3c2cnn3C)ccc2c1S(=O)(=O)CC[C@@H]2NC(=O)OC(C)(C)C. The van der Waals surface area contributed by atoms with Crippen LogP contribution in [-0.2, 0) is 21.6 Å². The molecule has 10 nitrogen and oxygen atoms in total. The number of hydrogen-bond donors (Lipinski definition) is 2. The lowest BCUT2D eigenvalue weighted by molar-refractivity contribution is 0.0500. The number of ether oxygens (including phenoxy) is 1. The van der Waals surface area contributed by atoms with E-state index in [1.807, 2.05) is 0 Å². The fraction of sp³-hybridized carbons (Fsp3) is 0.391. The summed E-state index contributed by atoms with van der Waals surface area (Å²) in [7, 11) is -1.88. The zero-order valence-corrected chi connectivity index (χ0v) is 20.5. The molecule has 0 saturated heterocycles. The zero-order chi connectivity index (χ0) is 24.8. The Morgan fingerprint density at radius 1 is 1.21 bits per heavy atom. The predicted octanol–water partition coefficient (Wildman–Crippen LogP) is 3.27. The van der Waals surface area contributed by atoms with Crippen LogP contribution in [0.2, 0.25) is 0 Å². The monoisotopic (exact) mass is 485 g/mol. The molecule has 2 amide bonds. The van der Waals surface area contributed by atoms with Crippen LogP contribution in [0, 0.1) is 6.92 Å². The van der Waals surface area contributed by atoms with Gasteiger partial charge in [0.2, 0.25) is 0 Å². The number of aromatic nitrogens is 3. The number of alkyl carbamates (subject to hydrolysis) is 1. The van der Waals surface area contributed by atoms with E-state index >= 15 is 0 Å². The van der Waals surface area contributed by atoms with Gasteiger partial charge in [-0.15, -0.1) is 0 Å². The van der Waals surface area contributed by atoms with Gasteiger partial charge in [-0.1, -0.05) is 6.07 Å². The Morgan fingerprint density at radius 2 is 1.94 bits per heavy atom. The molecule has 0 unspecified atom stereocenters. The summed E-state index contributed by atoms with van der Waals surface area (Å²) in [5, 5.41) is 10.4. The highest BCUT2D eigenvalue weighted by Crippen LogP contribution is 2.36. The maximum atomic E-state index is 13.2. The molecule has 2 aromatic heterocycles. The van der Waals surface area contributed by atoms with Crippen LogP contribution in [0.25, 0.3) is 11.0 Å². The minimum absolute atomic E-state index is 0.0775. The number of hydrogen-bond acceptors (Lipinski definition) is 7. The van der Waals surface area contributed by atoms with Crippen molar-refractivity contribution in [2.75, 3.05) is 11.1 Å². The number of aryl methyl sites for hydroxylation is 1. The number of rotatable bonds is 3. The quantitative estimate of drug-likeness (QED) is 0.582. The molecule has 1 aromatic carbocycles. The highest BCUT2D eigenvalue weighted by Gasteiger charge is 2.35. The van der Waals surface area contributed by atoms with E-state index in [0.717, 1.165) is 0 Å². The lowest BCUT2D eigenvalue weighted by Gasteiger charge is -2.29. The fourth-order valence-corrected chi connectivity index (χ4v) is 6.02. The van der Waals surface area contributed by atoms with Crippen molar-refractivity contribution < 1.29 is 22.7 Å². The summed E-state index contributed by atoms with van der Waals surface area (Å²) in [5.41, 5.74) is 1.46. The van der Waals surface area contributed by atoms with Gasteiger partial charge in [-0.05, 0) is 57.4 Å². The summed E-state index contributed by atoms with van der Waals surface area (Å²) >= 11 is 0. The number of carbonyl (C=O) groups excluding carboxylic acids is 2. The van der Waals surface area contributed by atoms with Gasteiger partial charge in [0.15, 0.2) is 15.5 Å². The average molecular weight is 486 g/mol. The van der Waals surface area contributed by atoms with E-state index in [-0.39, 0.29) is 22.6 Å². The van der Waals surface area contributed by atoms with Crippen molar-refractivity contribution in [3.63, 3.8) is 0 Å². The van der Waals surface area contributed by atoms with Gasteiger partial charge in [-0.25, -0.2) is 18.2 Å². The van der Waals surface area contributed by atoms with Crippen molar-refractivity contribution in [2.45, 2.75) is 50.7 Å². The molecule has 180 valence electrons. The Labute approximate surface area is 197 Å². The molecule has 3 heterocycles. The summed E-state index contributed by atoms with van der Waals surface area (Å²) in [6, 6.07) is 4.28. The number of amides is 2. The lowest BCUT2D eigenvalue weighted by atomic mass is 9.97. The first kappa shape index (κ1) is 23.7. The molecule has 0 radical (unpaired) electrons. The highest BCUT2D eigenvalue weighted by atomic mass is 32.2. The van der Waals surface area contributed by atoms with Gasteiger partial charge >= 0.3 is 6.09 Å². The number of benzene rings is 1. The molecule has 0 spiro atoms. The largest absolute Gasteiger partial charge is 0.444 e. The number of pyridine rings is 1. The standard InChI is InChI=1S/C23H27N5O5S/c1-13-14(21(29)26-17-8-10-24-20-16(17)12-25-28(20)5)6-7-15-18(9-11-34(31,32)19(13)15)27-22(30)33-23(2,3)4/h6-8,10,12,18H,9,11H2,1-5H3,(H,27,30)(H,24,26,29)/t18-/m0/s1. The molecule has 1 atom stereocenters. The predicted molar refractivity (Wildman–Crippen MR) is 126 cm³/mol. The van der Waals surface area contributed by atoms with Crippen molar-refractivity contribution in [1.82, 2.24) is 20.1 Å². The first-order valence-electron chi connectivity index (χ1n) is 10.8. The number of sulfone groups is 1. The van der Waals surface area contributed by atoms with E-state index < -0.39 is 33.5 Å². The smallest absolute Gasteiger partial charge is 0.408 e. The van der Waals surface area contributed by atoms with Crippen molar-refractivity contribution in [1.29, 1.82) is 0 Å². The molecule has 3 aromatic rings. The lowest BCUT2D eigenvalue weighted by Crippen LogP contribution is -2.38. The van der Waals surface area contributed by atoms with Gasteiger partial charge in [0, 0.05) is 18.8 Å². The number of anilines is 1. The molecule has 34 heavy (non-hydrogen) atoms. The summed E-state index contributed by atoms with van der Waals surface area (Å²) in [6.07, 6.45) is 2.77. The van der Waals surface area contributed by atoms with Crippen LogP contribution >= 0.6 is 0 Å². The van der Waals surface area contributed by atoms with Gasteiger partial charge < -0.3 is 15.4 Å². The molecule has 0 aliphatic carbocycles. The number of fused-ring (bicyclic) bond motifs is 2. The molecule has 1 aliphatic heterocycles. The zero-order valence-electron chi connectivity index (χ0n) is 19.7. The van der Waals surface area contributed by atoms with Crippen LogP contribution in [0.5, 0.6) is 0 Å². The second kappa shape index (κ2) is 8.39. The van der Waals surface area contributed by atoms with E-state index in [0.29, 0.717) is 27.8 Å². The van der Waals surface area contributed by atoms with Crippen LogP contribution in [0.4, 0.5) is 10.5 Å². The van der Waals surface area contributed by atoms with E-state index in [4.69, 9.17) is 4.74 Å². The highest BCUT2D eigenvalue weighted by molar-refractivity contribution is 7.91. The summed E-state index contributed by atoms with van der Waals surface area (Å²) in [5.74, 6) is -0.596. The third-order valence-electron chi connectivity index (χ3n) is 5.62. The number of nitrogens with zero attached hydrogens (tertiary/aromatic N) is 3. The fourth-order valence-electron chi connectivity index (χ4n) is 4.12. The van der Waals surface area contributed by atoms with Crippen LogP contribution < -0.4 is 10.6 Å². The molecule has 0 saturated carbocycles. The topological polar surface area (TPSA) is 132 Å². The maximum Gasteiger partial charge on any atom is 0.408 e. The first-order chi connectivity index (χ1) is 15.9. The minimum atomic E-state index is -3.63. The third-order valence-corrected chi connectivity index (χ3v) is 7.55. The molecule has 11 heteroatoms. The molecule has 0 fully saturated rings. The van der Waals surface area contributed by atoms with E-state index in [1.165, 1.54) is 0 Å². The van der Waals surface area contributed by atoms with E-state index in [1.54, 1.807) is 70.0 Å². The molecular weight excluding hydrogens is 458 g/mol. The first-order valence-corrected chi connectivity index (χ1v) is 12.5. The van der Waals surface area contributed by atoms with Gasteiger partial charge in [-0.3, -0.25) is 9.48 Å². The van der Waals surface area contributed by atoms with Gasteiger partial charge in [0.1, 0.15) is 5.60 Å². The summed E-state index contributed by atoms with van der Waals surface area (Å²) < 4.78 is 32.9. The van der Waals surface area contributed by atoms with Crippen molar-refractivity contribution in [3.05, 3.63) is 47.3 Å². The van der Waals surface area contributed by atoms with Crippen LogP contribution in [-0.4, -0.2) is 46.5 Å². The Hall–Kier alpha value is -3.47. The molecule has 1 aliphatic rings. The third kappa shape index (κ3) is 4.47. The second-order valence-corrected chi connectivity index (χ2v) is 11.3. The summed E-state index contributed by atoms with van der Waals surface area (Å²) in [4.78, 5) is 29.8. The van der Waals surface area contributed by atoms with Crippen molar-refractivity contribution >= 4 is 38.6 Å². The van der Waals surface area contributed by atoms with E-state index in [2.05, 4.69) is 20.7 Å². The normalized spacial score (nSPS) is 17.1. The Morgan fingerprint density at radius 3 is 2.65 bits per heavy atom. The number of nitrogens with one attached hydrogen (secondary N) is 2.